The molecule has 2 aromatic heterocycles. The zero-order valence-corrected chi connectivity index (χ0v) is 11.7. The quantitative estimate of drug-likeness (QED) is 0.798. The monoisotopic (exact) mass is 284 g/mol. The molecular formula is C15H16N4O2. The molecular weight excluding hydrogens is 268 g/mol. The fourth-order valence-electron chi connectivity index (χ4n) is 1.87. The number of rotatable bonds is 4. The molecule has 1 atom stereocenters. The summed E-state index contributed by atoms with van der Waals surface area (Å²) in [5.41, 5.74) is 0.759. The van der Waals surface area contributed by atoms with Crippen LogP contribution >= 0.6 is 0 Å². The van der Waals surface area contributed by atoms with Crippen LogP contribution in [0.2, 0.25) is 0 Å². The first kappa shape index (κ1) is 14.8. The Kier molecular flexibility index (Phi) is 5.07. The summed E-state index contributed by atoms with van der Waals surface area (Å²) >= 11 is 0. The van der Waals surface area contributed by atoms with Crippen LogP contribution in [0.3, 0.4) is 0 Å². The third kappa shape index (κ3) is 4.16. The zero-order valence-electron chi connectivity index (χ0n) is 11.7. The van der Waals surface area contributed by atoms with Crippen LogP contribution in [0.15, 0.2) is 37.1 Å². The highest BCUT2D eigenvalue weighted by molar-refractivity contribution is 5.94. The van der Waals surface area contributed by atoms with Crippen LogP contribution in [0, 0.1) is 11.8 Å². The Hall–Kier alpha value is -2.65. The van der Waals surface area contributed by atoms with Gasteiger partial charge in [0.05, 0.1) is 11.9 Å². The van der Waals surface area contributed by atoms with E-state index in [0.29, 0.717) is 12.1 Å². The van der Waals surface area contributed by atoms with Gasteiger partial charge in [0.25, 0.3) is 5.91 Å². The molecule has 108 valence electrons. The van der Waals surface area contributed by atoms with E-state index in [2.05, 4.69) is 27.1 Å². The molecule has 2 rings (SSSR count). The van der Waals surface area contributed by atoms with Gasteiger partial charge in [-0.15, -0.1) is 0 Å². The van der Waals surface area contributed by atoms with Crippen LogP contribution < -0.4 is 5.32 Å². The Morgan fingerprint density at radius 2 is 2.38 bits per heavy atom. The van der Waals surface area contributed by atoms with Crippen molar-refractivity contribution in [2.24, 2.45) is 0 Å². The molecule has 1 amide bonds. The number of imidazole rings is 1. The van der Waals surface area contributed by atoms with Crippen LogP contribution in [0.4, 0.5) is 0 Å². The fraction of sp³-hybridized carbons (Fsp3) is 0.267. The van der Waals surface area contributed by atoms with Gasteiger partial charge in [0.1, 0.15) is 12.3 Å². The molecule has 0 radical (unpaired) electrons. The van der Waals surface area contributed by atoms with Crippen LogP contribution in [0.25, 0.3) is 0 Å². The molecule has 0 aliphatic rings. The molecule has 6 nitrogen and oxygen atoms in total. The lowest BCUT2D eigenvalue weighted by atomic mass is 10.1. The molecule has 2 heterocycles. The fourth-order valence-corrected chi connectivity index (χ4v) is 1.87. The third-order valence-electron chi connectivity index (χ3n) is 2.75. The number of nitrogens with zero attached hydrogens (tertiary/aromatic N) is 3. The topological polar surface area (TPSA) is 80.0 Å². The molecule has 0 aromatic carbocycles. The lowest BCUT2D eigenvalue weighted by molar-refractivity contribution is 0.0931. The summed E-state index contributed by atoms with van der Waals surface area (Å²) in [4.78, 5) is 20.3. The summed E-state index contributed by atoms with van der Waals surface area (Å²) in [5, 5.41) is 11.6. The van der Waals surface area contributed by atoms with Crippen molar-refractivity contribution in [1.82, 2.24) is 19.9 Å². The molecule has 0 spiro atoms. The van der Waals surface area contributed by atoms with Gasteiger partial charge in [0, 0.05) is 31.2 Å². The molecule has 21 heavy (non-hydrogen) atoms. The van der Waals surface area contributed by atoms with Crippen LogP contribution in [0.1, 0.15) is 23.0 Å². The van der Waals surface area contributed by atoms with Gasteiger partial charge in [0.15, 0.2) is 0 Å². The second-order valence-corrected chi connectivity index (χ2v) is 4.49. The number of carbonyl (C=O) groups excluding carboxylic acids is 1. The van der Waals surface area contributed by atoms with Gasteiger partial charge in [-0.3, -0.25) is 4.79 Å². The first-order valence-corrected chi connectivity index (χ1v) is 6.52. The second kappa shape index (κ2) is 7.22. The largest absolute Gasteiger partial charge is 0.384 e. The van der Waals surface area contributed by atoms with Gasteiger partial charge in [-0.05, 0) is 19.1 Å². The first-order chi connectivity index (χ1) is 10.2. The Morgan fingerprint density at radius 1 is 1.52 bits per heavy atom. The van der Waals surface area contributed by atoms with E-state index in [1.165, 1.54) is 0 Å². The van der Waals surface area contributed by atoms with Crippen molar-refractivity contribution in [1.29, 1.82) is 0 Å². The molecule has 0 aliphatic heterocycles. The molecule has 0 aliphatic carbocycles. The van der Waals surface area contributed by atoms with Crippen molar-refractivity contribution in [2.45, 2.75) is 19.5 Å². The normalized spacial score (nSPS) is 11.3. The molecule has 2 N–H and O–H groups in total. The van der Waals surface area contributed by atoms with Crippen LogP contribution in [-0.2, 0) is 6.54 Å². The van der Waals surface area contributed by atoms with Crippen molar-refractivity contribution in [2.75, 3.05) is 6.61 Å². The van der Waals surface area contributed by atoms with Gasteiger partial charge in [-0.1, -0.05) is 11.8 Å². The molecule has 0 bridgehead atoms. The highest BCUT2D eigenvalue weighted by Gasteiger charge is 2.14. The number of amides is 1. The SMILES string of the molecule is CC(Cn1ccnc1)NC(=O)c1ncccc1C#CCO. The third-order valence-corrected chi connectivity index (χ3v) is 2.75. The Balaban J connectivity index is 2.06. The lowest BCUT2D eigenvalue weighted by Crippen LogP contribution is -2.36. The number of hydrogen-bond acceptors (Lipinski definition) is 4. The number of hydrogen-bond donors (Lipinski definition) is 2. The van der Waals surface area contributed by atoms with Gasteiger partial charge in [-0.25, -0.2) is 9.97 Å². The highest BCUT2D eigenvalue weighted by Crippen LogP contribution is 2.04. The average molecular weight is 284 g/mol. The van der Waals surface area contributed by atoms with Crippen LogP contribution in [-0.4, -0.2) is 38.2 Å². The van der Waals surface area contributed by atoms with Crippen molar-refractivity contribution < 1.29 is 9.90 Å². The van der Waals surface area contributed by atoms with E-state index >= 15 is 0 Å². The van der Waals surface area contributed by atoms with Gasteiger partial charge >= 0.3 is 0 Å². The number of pyridine rings is 1. The lowest BCUT2D eigenvalue weighted by Gasteiger charge is -2.14. The van der Waals surface area contributed by atoms with Crippen molar-refractivity contribution >= 4 is 5.91 Å². The maximum absolute atomic E-state index is 12.2. The smallest absolute Gasteiger partial charge is 0.271 e. The Labute approximate surface area is 122 Å². The van der Waals surface area contributed by atoms with E-state index in [1.54, 1.807) is 30.9 Å². The Bertz CT molecular complexity index is 656. The second-order valence-electron chi connectivity index (χ2n) is 4.49. The predicted octanol–water partition coefficient (Wildman–Crippen LogP) is 0.440. The summed E-state index contributed by atoms with van der Waals surface area (Å²) in [5.74, 6) is 4.96. The van der Waals surface area contributed by atoms with E-state index in [1.807, 2.05) is 17.7 Å². The molecule has 2 aromatic rings. The predicted molar refractivity (Wildman–Crippen MR) is 77.4 cm³/mol. The standard InChI is InChI=1S/C15H16N4O2/c1-12(10-19-8-7-16-11-19)18-15(21)14-13(5-3-9-20)4-2-6-17-14/h2,4,6-8,11-12,20H,9-10H2,1H3,(H,18,21). The minimum Gasteiger partial charge on any atom is -0.384 e. The van der Waals surface area contributed by atoms with E-state index in [0.717, 1.165) is 0 Å². The summed E-state index contributed by atoms with van der Waals surface area (Å²) in [7, 11) is 0. The summed E-state index contributed by atoms with van der Waals surface area (Å²) in [6.45, 7) is 2.27. The molecule has 0 saturated heterocycles. The van der Waals surface area contributed by atoms with E-state index < -0.39 is 0 Å². The number of nitrogens with one attached hydrogen (secondary N) is 1. The minimum absolute atomic E-state index is 0.0765. The van der Waals surface area contributed by atoms with E-state index in [9.17, 15) is 4.79 Å². The number of aliphatic hydroxyl groups is 1. The van der Waals surface area contributed by atoms with Gasteiger partial charge in [0.2, 0.25) is 0 Å². The summed E-state index contributed by atoms with van der Waals surface area (Å²) < 4.78 is 1.88. The maximum atomic E-state index is 12.2. The molecule has 0 fully saturated rings. The van der Waals surface area contributed by atoms with Crippen molar-refractivity contribution in [3.8, 4) is 11.8 Å². The molecule has 1 unspecified atom stereocenters. The average Bonchev–Trinajstić information content (AvgIpc) is 2.98. The zero-order chi connectivity index (χ0) is 15.1. The number of aliphatic hydroxyl groups excluding tert-OH is 1. The van der Waals surface area contributed by atoms with E-state index in [4.69, 9.17) is 5.11 Å². The maximum Gasteiger partial charge on any atom is 0.271 e. The summed E-state index contributed by atoms with van der Waals surface area (Å²) in [6.07, 6.45) is 6.76. The van der Waals surface area contributed by atoms with E-state index in [-0.39, 0.29) is 24.2 Å². The summed E-state index contributed by atoms with van der Waals surface area (Å²) in [6, 6.07) is 3.32. The van der Waals surface area contributed by atoms with Crippen LogP contribution in [0.5, 0.6) is 0 Å². The van der Waals surface area contributed by atoms with Crippen molar-refractivity contribution in [3.05, 3.63) is 48.3 Å². The minimum atomic E-state index is -0.287. The number of aromatic nitrogens is 3. The number of carbonyl (C=O) groups is 1. The van der Waals surface area contributed by atoms with Gasteiger partial charge < -0.3 is 15.0 Å². The van der Waals surface area contributed by atoms with Gasteiger partial charge in [-0.2, -0.15) is 0 Å². The van der Waals surface area contributed by atoms with Crippen molar-refractivity contribution in [3.63, 3.8) is 0 Å². The highest BCUT2D eigenvalue weighted by atomic mass is 16.2. The first-order valence-electron chi connectivity index (χ1n) is 6.52. The molecule has 6 heteroatoms. The Morgan fingerprint density at radius 3 is 3.10 bits per heavy atom. The molecule has 0 saturated carbocycles.